The van der Waals surface area contributed by atoms with Gasteiger partial charge in [0, 0.05) is 11.1 Å². The molecule has 2 heterocycles. The molecule has 0 aliphatic heterocycles. The lowest BCUT2D eigenvalue weighted by atomic mass is 10.2. The predicted molar refractivity (Wildman–Crippen MR) is 107 cm³/mol. The molecular formula is C20H20N4O2S. The summed E-state index contributed by atoms with van der Waals surface area (Å²) in [5, 5.41) is 6.38. The molecular weight excluding hydrogens is 360 g/mol. The van der Waals surface area contributed by atoms with Gasteiger partial charge >= 0.3 is 0 Å². The number of fused-ring (bicyclic) bond motifs is 3. The Morgan fingerprint density at radius 1 is 1.00 bits per heavy atom. The lowest BCUT2D eigenvalue weighted by Crippen LogP contribution is -2.02. The number of aryl methyl sites for hydroxylation is 1. The molecule has 6 nitrogen and oxygen atoms in total. The molecule has 0 saturated carbocycles. The zero-order valence-electron chi connectivity index (χ0n) is 15.3. The molecule has 0 unspecified atom stereocenters. The van der Waals surface area contributed by atoms with Crippen LogP contribution in [0.3, 0.4) is 0 Å². The quantitative estimate of drug-likeness (QED) is 0.273. The van der Waals surface area contributed by atoms with Crippen molar-refractivity contribution in [1.29, 1.82) is 0 Å². The summed E-state index contributed by atoms with van der Waals surface area (Å²) in [5.41, 5.74) is 1.80. The third-order valence-corrected chi connectivity index (χ3v) is 5.12. The van der Waals surface area contributed by atoms with E-state index in [0.717, 1.165) is 51.2 Å². The van der Waals surface area contributed by atoms with E-state index in [1.54, 1.807) is 18.9 Å². The van der Waals surface area contributed by atoms with Crippen molar-refractivity contribution in [2.75, 3.05) is 19.5 Å². The molecule has 0 amide bonds. The van der Waals surface area contributed by atoms with Gasteiger partial charge in [-0.2, -0.15) is 4.52 Å². The van der Waals surface area contributed by atoms with E-state index in [-0.39, 0.29) is 0 Å². The maximum Gasteiger partial charge on any atom is 0.191 e. The Bertz CT molecular complexity index is 1060. The van der Waals surface area contributed by atoms with Gasteiger partial charge in [0.2, 0.25) is 0 Å². The molecule has 0 spiro atoms. The van der Waals surface area contributed by atoms with Crippen molar-refractivity contribution in [3.63, 3.8) is 0 Å². The van der Waals surface area contributed by atoms with Crippen LogP contribution in [0.1, 0.15) is 12.2 Å². The summed E-state index contributed by atoms with van der Waals surface area (Å²) in [7, 11) is 1.65. The van der Waals surface area contributed by atoms with Crippen molar-refractivity contribution in [1.82, 2.24) is 19.6 Å². The smallest absolute Gasteiger partial charge is 0.191 e. The van der Waals surface area contributed by atoms with Gasteiger partial charge in [-0.05, 0) is 49.7 Å². The van der Waals surface area contributed by atoms with Crippen LogP contribution in [0.2, 0.25) is 0 Å². The van der Waals surface area contributed by atoms with Gasteiger partial charge in [0.05, 0.1) is 19.2 Å². The first-order valence-corrected chi connectivity index (χ1v) is 9.75. The molecule has 0 radical (unpaired) electrons. The Morgan fingerprint density at radius 2 is 1.78 bits per heavy atom. The summed E-state index contributed by atoms with van der Waals surface area (Å²) in [5.74, 6) is 3.30. The average molecular weight is 380 g/mol. The summed E-state index contributed by atoms with van der Waals surface area (Å²) in [6, 6.07) is 15.7. The number of rotatable bonds is 7. The van der Waals surface area contributed by atoms with Gasteiger partial charge in [0.15, 0.2) is 10.8 Å². The fourth-order valence-electron chi connectivity index (χ4n) is 2.81. The molecule has 4 aromatic rings. The molecule has 27 heavy (non-hydrogen) atoms. The first-order chi connectivity index (χ1) is 13.2. The summed E-state index contributed by atoms with van der Waals surface area (Å²) < 4.78 is 12.8. The zero-order valence-corrected chi connectivity index (χ0v) is 16.1. The molecule has 0 bridgehead atoms. The van der Waals surface area contributed by atoms with Crippen molar-refractivity contribution < 1.29 is 9.47 Å². The normalized spacial score (nSPS) is 11.2. The number of aromatic nitrogens is 4. The maximum absolute atomic E-state index is 5.78. The maximum atomic E-state index is 5.78. The van der Waals surface area contributed by atoms with Crippen LogP contribution in [-0.4, -0.2) is 39.1 Å². The molecule has 0 aliphatic carbocycles. The number of nitrogens with zero attached hydrogens (tertiary/aromatic N) is 4. The molecule has 2 aromatic heterocycles. The van der Waals surface area contributed by atoms with Crippen LogP contribution in [0.15, 0.2) is 53.7 Å². The second-order valence-electron chi connectivity index (χ2n) is 6.03. The summed E-state index contributed by atoms with van der Waals surface area (Å²) in [6.45, 7) is 2.55. The van der Waals surface area contributed by atoms with Gasteiger partial charge in [-0.25, -0.2) is 9.97 Å². The third kappa shape index (κ3) is 3.83. The van der Waals surface area contributed by atoms with Crippen molar-refractivity contribution in [2.45, 2.75) is 18.5 Å². The molecule has 0 atom stereocenters. The van der Waals surface area contributed by atoms with E-state index in [4.69, 9.17) is 14.5 Å². The first-order valence-electron chi connectivity index (χ1n) is 8.76. The van der Waals surface area contributed by atoms with Gasteiger partial charge in [-0.15, -0.1) is 5.10 Å². The van der Waals surface area contributed by atoms with Gasteiger partial charge in [0.1, 0.15) is 17.3 Å². The van der Waals surface area contributed by atoms with E-state index in [2.05, 4.69) is 10.1 Å². The standard InChI is InChI=1S/C20H20N4O2S/c1-14-21-19-17-6-3-4-7-18(17)22-20(24(19)23-14)27-13-5-12-26-16-10-8-15(25-2)9-11-16/h3-4,6-11H,5,12-13H2,1-2H3. The van der Waals surface area contributed by atoms with Crippen LogP contribution in [-0.2, 0) is 0 Å². The highest BCUT2D eigenvalue weighted by Crippen LogP contribution is 2.24. The Hall–Kier alpha value is -2.80. The zero-order chi connectivity index (χ0) is 18.6. The Kier molecular flexibility index (Phi) is 5.11. The summed E-state index contributed by atoms with van der Waals surface area (Å²) in [4.78, 5) is 9.32. The minimum absolute atomic E-state index is 0.645. The lowest BCUT2D eigenvalue weighted by Gasteiger charge is -2.08. The van der Waals surface area contributed by atoms with E-state index in [9.17, 15) is 0 Å². The molecule has 2 aromatic carbocycles. The number of benzene rings is 2. The predicted octanol–water partition coefficient (Wildman–Crippen LogP) is 4.16. The Labute approximate surface area is 161 Å². The van der Waals surface area contributed by atoms with Crippen LogP contribution in [0, 0.1) is 6.92 Å². The van der Waals surface area contributed by atoms with Gasteiger partial charge in [0.25, 0.3) is 0 Å². The minimum atomic E-state index is 0.645. The SMILES string of the molecule is COc1ccc(OCCCSc2nc3ccccc3c3nc(C)nn23)cc1. The lowest BCUT2D eigenvalue weighted by molar-refractivity contribution is 0.318. The van der Waals surface area contributed by atoms with Crippen molar-refractivity contribution >= 4 is 28.3 Å². The van der Waals surface area contributed by atoms with E-state index in [0.29, 0.717) is 6.61 Å². The highest BCUT2D eigenvalue weighted by atomic mass is 32.2. The van der Waals surface area contributed by atoms with Gasteiger partial charge < -0.3 is 9.47 Å². The van der Waals surface area contributed by atoms with Crippen molar-refractivity contribution in [3.05, 3.63) is 54.4 Å². The molecule has 138 valence electrons. The van der Waals surface area contributed by atoms with Crippen LogP contribution in [0.4, 0.5) is 0 Å². The number of methoxy groups -OCH3 is 1. The van der Waals surface area contributed by atoms with Gasteiger partial charge in [-0.3, -0.25) is 0 Å². The van der Waals surface area contributed by atoms with E-state index >= 15 is 0 Å². The largest absolute Gasteiger partial charge is 0.497 e. The fraction of sp³-hybridized carbons (Fsp3) is 0.250. The van der Waals surface area contributed by atoms with E-state index < -0.39 is 0 Å². The third-order valence-electron chi connectivity index (χ3n) is 4.10. The molecule has 0 fully saturated rings. The van der Waals surface area contributed by atoms with Crippen LogP contribution >= 0.6 is 11.8 Å². The van der Waals surface area contributed by atoms with Crippen molar-refractivity contribution in [2.24, 2.45) is 0 Å². The summed E-state index contributed by atoms with van der Waals surface area (Å²) in [6.07, 6.45) is 0.903. The molecule has 0 N–H and O–H groups in total. The number of para-hydroxylation sites is 1. The number of hydrogen-bond acceptors (Lipinski definition) is 6. The number of hydrogen-bond donors (Lipinski definition) is 0. The topological polar surface area (TPSA) is 61.5 Å². The monoisotopic (exact) mass is 380 g/mol. The second-order valence-corrected chi connectivity index (χ2v) is 7.09. The number of thioether (sulfide) groups is 1. The van der Waals surface area contributed by atoms with E-state index in [1.165, 1.54) is 0 Å². The second kappa shape index (κ2) is 7.84. The van der Waals surface area contributed by atoms with Crippen LogP contribution in [0.25, 0.3) is 16.6 Å². The van der Waals surface area contributed by atoms with Gasteiger partial charge in [-0.1, -0.05) is 23.9 Å². The Morgan fingerprint density at radius 3 is 2.59 bits per heavy atom. The molecule has 7 heteroatoms. The van der Waals surface area contributed by atoms with Crippen molar-refractivity contribution in [3.8, 4) is 11.5 Å². The number of ether oxygens (including phenoxy) is 2. The first kappa shape index (κ1) is 17.6. The minimum Gasteiger partial charge on any atom is -0.497 e. The summed E-state index contributed by atoms with van der Waals surface area (Å²) >= 11 is 1.67. The Balaban J connectivity index is 1.41. The fourth-order valence-corrected chi connectivity index (χ4v) is 3.67. The highest BCUT2D eigenvalue weighted by Gasteiger charge is 2.12. The molecule has 0 aliphatic rings. The van der Waals surface area contributed by atoms with Crippen LogP contribution in [0.5, 0.6) is 11.5 Å². The van der Waals surface area contributed by atoms with E-state index in [1.807, 2.05) is 60.0 Å². The van der Waals surface area contributed by atoms with Crippen LogP contribution < -0.4 is 9.47 Å². The molecule has 0 saturated heterocycles. The highest BCUT2D eigenvalue weighted by molar-refractivity contribution is 7.99. The average Bonchev–Trinajstić information content (AvgIpc) is 3.10. The molecule has 4 rings (SSSR count).